The van der Waals surface area contributed by atoms with Crippen molar-refractivity contribution < 1.29 is 37.1 Å². The number of rotatable bonds is 7. The molecule has 1 N–H and O–H groups in total. The Morgan fingerprint density at radius 2 is 1.65 bits per heavy atom. The number of nitrogens with zero attached hydrogens (tertiary/aromatic N) is 2. The number of amides is 1. The highest BCUT2D eigenvalue weighted by Gasteiger charge is 2.35. The van der Waals surface area contributed by atoms with Gasteiger partial charge in [0.1, 0.15) is 5.69 Å². The lowest BCUT2D eigenvalue weighted by Gasteiger charge is -2.32. The van der Waals surface area contributed by atoms with E-state index >= 15 is 0 Å². The number of methoxy groups -OCH3 is 3. The Balaban J connectivity index is 1.71. The van der Waals surface area contributed by atoms with Crippen molar-refractivity contribution in [2.75, 3.05) is 44.6 Å². The molecular formula is C22H24F3N3O6. The Kier molecular flexibility index (Phi) is 7.38. The van der Waals surface area contributed by atoms with Crippen molar-refractivity contribution >= 4 is 23.0 Å². The van der Waals surface area contributed by atoms with Crippen LogP contribution in [0.5, 0.6) is 17.2 Å². The minimum absolute atomic E-state index is 0.0986. The van der Waals surface area contributed by atoms with Crippen LogP contribution < -0.4 is 24.4 Å². The fraction of sp³-hybridized carbons (Fsp3) is 0.409. The topological polar surface area (TPSA) is 103 Å². The summed E-state index contributed by atoms with van der Waals surface area (Å²) in [5, 5.41) is 14.2. The number of hydrogen-bond acceptors (Lipinski definition) is 7. The van der Waals surface area contributed by atoms with E-state index in [0.717, 1.165) is 12.1 Å². The summed E-state index contributed by atoms with van der Waals surface area (Å²) in [6.45, 7) is 0.555. The average Bonchev–Trinajstić information content (AvgIpc) is 2.82. The maximum Gasteiger partial charge on any atom is 0.416 e. The molecule has 184 valence electrons. The molecule has 0 spiro atoms. The molecule has 1 aliphatic heterocycles. The fourth-order valence-corrected chi connectivity index (χ4v) is 3.89. The van der Waals surface area contributed by atoms with Crippen LogP contribution in [0.4, 0.5) is 30.2 Å². The number of nitro benzene ring substituents is 1. The minimum atomic E-state index is -4.68. The molecule has 0 aliphatic carbocycles. The molecule has 12 heteroatoms. The predicted octanol–water partition coefficient (Wildman–Crippen LogP) is 4.49. The number of nitro groups is 1. The van der Waals surface area contributed by atoms with Crippen molar-refractivity contribution in [3.8, 4) is 17.2 Å². The van der Waals surface area contributed by atoms with Crippen LogP contribution in [0.1, 0.15) is 18.4 Å². The molecule has 0 atom stereocenters. The highest BCUT2D eigenvalue weighted by Crippen LogP contribution is 2.41. The van der Waals surface area contributed by atoms with E-state index in [2.05, 4.69) is 5.32 Å². The van der Waals surface area contributed by atoms with Gasteiger partial charge in [0, 0.05) is 42.9 Å². The van der Waals surface area contributed by atoms with E-state index in [9.17, 15) is 28.1 Å². The van der Waals surface area contributed by atoms with Gasteiger partial charge in [-0.2, -0.15) is 13.2 Å². The van der Waals surface area contributed by atoms with Gasteiger partial charge in [-0.3, -0.25) is 14.9 Å². The molecular weight excluding hydrogens is 459 g/mol. The Morgan fingerprint density at radius 1 is 1.06 bits per heavy atom. The van der Waals surface area contributed by atoms with E-state index in [1.54, 1.807) is 17.0 Å². The number of hydrogen-bond donors (Lipinski definition) is 1. The Hall–Kier alpha value is -3.70. The second-order valence-electron chi connectivity index (χ2n) is 7.62. The Labute approximate surface area is 193 Å². The van der Waals surface area contributed by atoms with E-state index in [4.69, 9.17) is 14.2 Å². The molecule has 0 unspecified atom stereocenters. The van der Waals surface area contributed by atoms with E-state index < -0.39 is 22.4 Å². The quantitative estimate of drug-likeness (QED) is 0.457. The number of halogens is 3. The first-order chi connectivity index (χ1) is 16.1. The van der Waals surface area contributed by atoms with Crippen molar-refractivity contribution in [3.63, 3.8) is 0 Å². The van der Waals surface area contributed by atoms with Gasteiger partial charge in [0.05, 0.1) is 31.8 Å². The molecule has 0 radical (unpaired) electrons. The van der Waals surface area contributed by atoms with Gasteiger partial charge in [-0.15, -0.1) is 0 Å². The highest BCUT2D eigenvalue weighted by atomic mass is 19.4. The Bertz CT molecular complexity index is 1040. The van der Waals surface area contributed by atoms with Crippen LogP contribution in [-0.2, 0) is 11.0 Å². The molecule has 3 rings (SSSR count). The van der Waals surface area contributed by atoms with E-state index in [-0.39, 0.29) is 30.6 Å². The summed E-state index contributed by atoms with van der Waals surface area (Å²) in [6.07, 6.45) is -3.94. The van der Waals surface area contributed by atoms with Crippen molar-refractivity contribution in [1.29, 1.82) is 0 Å². The molecule has 1 fully saturated rings. The minimum Gasteiger partial charge on any atom is -0.493 e. The molecule has 0 saturated carbocycles. The van der Waals surface area contributed by atoms with Gasteiger partial charge in [0.2, 0.25) is 11.7 Å². The lowest BCUT2D eigenvalue weighted by Crippen LogP contribution is -2.38. The standard InChI is InChI=1S/C22H24F3N3O6/c1-32-18-11-15(12-19(33-2)20(18)34-3)26-21(29)13-6-8-27(9-7-13)16-5-4-14(22(23,24)25)10-17(16)28(30)31/h4-5,10-13H,6-9H2,1-3H3,(H,26,29). The number of anilines is 2. The molecule has 1 saturated heterocycles. The number of nitrogens with one attached hydrogen (secondary N) is 1. The van der Waals surface area contributed by atoms with Gasteiger partial charge < -0.3 is 24.4 Å². The zero-order chi connectivity index (χ0) is 25.0. The van der Waals surface area contributed by atoms with Gasteiger partial charge in [0.25, 0.3) is 5.69 Å². The second-order valence-corrected chi connectivity index (χ2v) is 7.62. The summed E-state index contributed by atoms with van der Waals surface area (Å²) in [5.41, 5.74) is -1.15. The first-order valence-corrected chi connectivity index (χ1v) is 10.3. The number of piperidine rings is 1. The van der Waals surface area contributed by atoms with Gasteiger partial charge in [-0.25, -0.2) is 0 Å². The maximum absolute atomic E-state index is 13.0. The summed E-state index contributed by atoms with van der Waals surface area (Å²) in [7, 11) is 4.38. The van der Waals surface area contributed by atoms with E-state index in [1.165, 1.54) is 21.3 Å². The zero-order valence-corrected chi connectivity index (χ0v) is 18.8. The van der Waals surface area contributed by atoms with Crippen LogP contribution in [0.2, 0.25) is 0 Å². The third kappa shape index (κ3) is 5.26. The van der Waals surface area contributed by atoms with Crippen molar-refractivity contribution in [1.82, 2.24) is 0 Å². The smallest absolute Gasteiger partial charge is 0.416 e. The van der Waals surface area contributed by atoms with Crippen molar-refractivity contribution in [2.24, 2.45) is 5.92 Å². The van der Waals surface area contributed by atoms with Crippen LogP contribution in [-0.4, -0.2) is 45.2 Å². The highest BCUT2D eigenvalue weighted by molar-refractivity contribution is 5.93. The van der Waals surface area contributed by atoms with Crippen LogP contribution in [0, 0.1) is 16.0 Å². The van der Waals surface area contributed by atoms with Crippen LogP contribution in [0.15, 0.2) is 30.3 Å². The van der Waals surface area contributed by atoms with Gasteiger partial charge >= 0.3 is 6.18 Å². The molecule has 0 bridgehead atoms. The van der Waals surface area contributed by atoms with Gasteiger partial charge in [-0.1, -0.05) is 0 Å². The lowest BCUT2D eigenvalue weighted by molar-refractivity contribution is -0.384. The number of carbonyl (C=O) groups is 1. The van der Waals surface area contributed by atoms with E-state index in [1.807, 2.05) is 0 Å². The third-order valence-corrected chi connectivity index (χ3v) is 5.64. The average molecular weight is 483 g/mol. The van der Waals surface area contributed by atoms with Crippen LogP contribution in [0.25, 0.3) is 0 Å². The zero-order valence-electron chi connectivity index (χ0n) is 18.8. The maximum atomic E-state index is 13.0. The lowest BCUT2D eigenvalue weighted by atomic mass is 9.95. The summed E-state index contributed by atoms with van der Waals surface area (Å²) in [4.78, 5) is 25.0. The van der Waals surface area contributed by atoms with Crippen LogP contribution >= 0.6 is 0 Å². The normalized spacial score (nSPS) is 14.5. The fourth-order valence-electron chi connectivity index (χ4n) is 3.89. The number of alkyl halides is 3. The summed E-state index contributed by atoms with van der Waals surface area (Å²) in [5.74, 6) is 0.497. The first-order valence-electron chi connectivity index (χ1n) is 10.3. The number of carbonyl (C=O) groups excluding carboxylic acids is 1. The summed E-state index contributed by atoms with van der Waals surface area (Å²) in [6, 6.07) is 5.67. The predicted molar refractivity (Wildman–Crippen MR) is 118 cm³/mol. The molecule has 0 aromatic heterocycles. The number of ether oxygens (including phenoxy) is 3. The second kappa shape index (κ2) is 10.1. The molecule has 2 aromatic carbocycles. The van der Waals surface area contributed by atoms with E-state index in [0.29, 0.717) is 41.8 Å². The Morgan fingerprint density at radius 3 is 2.12 bits per heavy atom. The molecule has 34 heavy (non-hydrogen) atoms. The molecule has 1 amide bonds. The van der Waals surface area contributed by atoms with Gasteiger partial charge in [-0.05, 0) is 25.0 Å². The molecule has 1 heterocycles. The SMILES string of the molecule is COc1cc(NC(=O)C2CCN(c3ccc(C(F)(F)F)cc3[N+](=O)[O-])CC2)cc(OC)c1OC. The molecule has 1 aliphatic rings. The molecule has 2 aromatic rings. The largest absolute Gasteiger partial charge is 0.493 e. The van der Waals surface area contributed by atoms with Crippen molar-refractivity contribution in [3.05, 3.63) is 46.0 Å². The summed E-state index contributed by atoms with van der Waals surface area (Å²) >= 11 is 0. The molecule has 9 nitrogen and oxygen atoms in total. The van der Waals surface area contributed by atoms with Gasteiger partial charge in [0.15, 0.2) is 11.5 Å². The number of benzene rings is 2. The monoisotopic (exact) mass is 483 g/mol. The first kappa shape index (κ1) is 24.9. The van der Waals surface area contributed by atoms with Crippen LogP contribution in [0.3, 0.4) is 0 Å². The third-order valence-electron chi connectivity index (χ3n) is 5.64. The summed E-state index contributed by atoms with van der Waals surface area (Å²) < 4.78 is 54.7. The van der Waals surface area contributed by atoms with Crippen molar-refractivity contribution in [2.45, 2.75) is 19.0 Å².